The minimum Gasteiger partial charge on any atom is -0.399 e. The van der Waals surface area contributed by atoms with E-state index >= 15 is 0 Å². The zero-order valence-corrected chi connectivity index (χ0v) is 15.5. The molecule has 142 valence electrons. The van der Waals surface area contributed by atoms with E-state index in [1.54, 1.807) is 22.9 Å². The summed E-state index contributed by atoms with van der Waals surface area (Å²) in [4.78, 5) is 11.5. The topological polar surface area (TPSA) is 147 Å². The maximum atomic E-state index is 11.8. The van der Waals surface area contributed by atoms with Gasteiger partial charge in [-0.05, 0) is 35.7 Å². The van der Waals surface area contributed by atoms with Crippen LogP contribution in [-0.2, 0) is 21.2 Å². The predicted molar refractivity (Wildman–Crippen MR) is 107 cm³/mol. The number of carbonyl (C=O) groups excluding carboxylic acids is 1. The van der Waals surface area contributed by atoms with Crippen molar-refractivity contribution in [1.82, 2.24) is 9.78 Å². The molecular formula is C19H17N5O3S. The van der Waals surface area contributed by atoms with Crippen LogP contribution < -0.4 is 16.6 Å². The van der Waals surface area contributed by atoms with Crippen molar-refractivity contribution in [2.24, 2.45) is 10.9 Å². The number of hydrogen-bond acceptors (Lipinski definition) is 5. The molecule has 0 aliphatic heterocycles. The number of aromatic nitrogens is 2. The van der Waals surface area contributed by atoms with Crippen molar-refractivity contribution in [3.05, 3.63) is 60.3 Å². The molecule has 0 radical (unpaired) electrons. The number of benzene rings is 3. The third kappa shape index (κ3) is 3.06. The number of amides is 1. The van der Waals surface area contributed by atoms with Gasteiger partial charge in [-0.1, -0.05) is 24.3 Å². The lowest BCUT2D eigenvalue weighted by molar-refractivity contribution is -0.117. The van der Waals surface area contributed by atoms with Crippen molar-refractivity contribution in [2.75, 3.05) is 5.73 Å². The van der Waals surface area contributed by atoms with Crippen LogP contribution in [-0.4, -0.2) is 24.1 Å². The largest absolute Gasteiger partial charge is 0.399 e. The molecule has 4 rings (SSSR count). The van der Waals surface area contributed by atoms with Crippen LogP contribution in [0.3, 0.4) is 0 Å². The third-order valence-electron chi connectivity index (χ3n) is 4.49. The zero-order chi connectivity index (χ0) is 20.1. The van der Waals surface area contributed by atoms with E-state index in [-0.39, 0.29) is 11.3 Å². The summed E-state index contributed by atoms with van der Waals surface area (Å²) in [7, 11) is -3.88. The molecule has 0 saturated heterocycles. The van der Waals surface area contributed by atoms with E-state index in [0.717, 1.165) is 16.2 Å². The number of hydrogen-bond donors (Lipinski definition) is 3. The van der Waals surface area contributed by atoms with E-state index in [9.17, 15) is 13.2 Å². The molecule has 0 unspecified atom stereocenters. The van der Waals surface area contributed by atoms with Crippen LogP contribution in [0.25, 0.3) is 27.4 Å². The molecule has 0 bridgehead atoms. The van der Waals surface area contributed by atoms with Crippen LogP contribution >= 0.6 is 0 Å². The highest BCUT2D eigenvalue weighted by molar-refractivity contribution is 7.89. The van der Waals surface area contributed by atoms with Crippen molar-refractivity contribution in [1.29, 1.82) is 0 Å². The Balaban J connectivity index is 2.10. The van der Waals surface area contributed by atoms with E-state index in [0.29, 0.717) is 22.6 Å². The van der Waals surface area contributed by atoms with Gasteiger partial charge in [0.25, 0.3) is 0 Å². The second-order valence-corrected chi connectivity index (χ2v) is 8.05. The highest BCUT2D eigenvalue weighted by Crippen LogP contribution is 2.31. The van der Waals surface area contributed by atoms with Gasteiger partial charge in [0.1, 0.15) is 0 Å². The van der Waals surface area contributed by atoms with E-state index in [1.165, 1.54) is 12.1 Å². The minimum atomic E-state index is -3.88. The molecule has 3 aromatic carbocycles. The lowest BCUT2D eigenvalue weighted by Gasteiger charge is -2.08. The van der Waals surface area contributed by atoms with Crippen molar-refractivity contribution in [3.63, 3.8) is 0 Å². The van der Waals surface area contributed by atoms with Crippen molar-refractivity contribution < 1.29 is 13.2 Å². The summed E-state index contributed by atoms with van der Waals surface area (Å²) in [5.41, 5.74) is 13.6. The molecule has 0 aliphatic rings. The smallest absolute Gasteiger partial charge is 0.238 e. The van der Waals surface area contributed by atoms with E-state index in [2.05, 4.69) is 5.10 Å². The molecule has 1 heterocycles. The Morgan fingerprint density at radius 2 is 1.79 bits per heavy atom. The number of nitrogens with zero attached hydrogens (tertiary/aromatic N) is 2. The first kappa shape index (κ1) is 18.0. The van der Waals surface area contributed by atoms with Crippen molar-refractivity contribution in [2.45, 2.75) is 11.3 Å². The first-order valence-electron chi connectivity index (χ1n) is 8.35. The highest BCUT2D eigenvalue weighted by Gasteiger charge is 2.18. The van der Waals surface area contributed by atoms with Gasteiger partial charge in [0.15, 0.2) is 0 Å². The summed E-state index contributed by atoms with van der Waals surface area (Å²) in [6, 6.07) is 15.4. The lowest BCUT2D eigenvalue weighted by atomic mass is 10.0. The van der Waals surface area contributed by atoms with Gasteiger partial charge < -0.3 is 11.5 Å². The van der Waals surface area contributed by atoms with Crippen LogP contribution in [0.4, 0.5) is 5.69 Å². The van der Waals surface area contributed by atoms with E-state index < -0.39 is 15.9 Å². The van der Waals surface area contributed by atoms with Gasteiger partial charge in [0.05, 0.1) is 28.2 Å². The van der Waals surface area contributed by atoms with Crippen LogP contribution in [0.5, 0.6) is 0 Å². The van der Waals surface area contributed by atoms with Gasteiger partial charge in [-0.2, -0.15) is 5.10 Å². The Kier molecular flexibility index (Phi) is 4.06. The van der Waals surface area contributed by atoms with Gasteiger partial charge in [-0.3, -0.25) is 4.79 Å². The van der Waals surface area contributed by atoms with Crippen LogP contribution in [0.15, 0.2) is 59.5 Å². The van der Waals surface area contributed by atoms with Crippen molar-refractivity contribution in [3.8, 4) is 5.69 Å². The summed E-state index contributed by atoms with van der Waals surface area (Å²) in [6.45, 7) is 0. The van der Waals surface area contributed by atoms with Crippen LogP contribution in [0.1, 0.15) is 5.69 Å². The Morgan fingerprint density at radius 1 is 1.04 bits per heavy atom. The average Bonchev–Trinajstić information content (AvgIpc) is 2.99. The van der Waals surface area contributed by atoms with E-state index in [1.807, 2.05) is 24.3 Å². The number of fused-ring (bicyclic) bond motifs is 3. The number of primary amides is 1. The molecule has 0 atom stereocenters. The normalized spacial score (nSPS) is 11.9. The molecule has 0 aliphatic carbocycles. The molecule has 0 spiro atoms. The number of rotatable bonds is 4. The Bertz CT molecular complexity index is 1360. The maximum Gasteiger partial charge on any atom is 0.238 e. The summed E-state index contributed by atoms with van der Waals surface area (Å²) < 4.78 is 25.1. The number of primary sulfonamides is 1. The molecule has 1 amide bonds. The predicted octanol–water partition coefficient (Wildman–Crippen LogP) is 1.44. The van der Waals surface area contributed by atoms with Gasteiger partial charge in [-0.15, -0.1) is 0 Å². The number of nitrogen functional groups attached to an aromatic ring is 1. The number of sulfonamides is 1. The molecule has 1 aromatic heterocycles. The SMILES string of the molecule is NC(=O)Cc1nn(-c2cccc(S(N)(=O)=O)c2)c2c1ccc1ccc(N)cc12. The molecule has 0 fully saturated rings. The van der Waals surface area contributed by atoms with Crippen LogP contribution in [0.2, 0.25) is 0 Å². The molecule has 4 aromatic rings. The third-order valence-corrected chi connectivity index (χ3v) is 5.40. The maximum absolute atomic E-state index is 11.8. The summed E-state index contributed by atoms with van der Waals surface area (Å²) >= 11 is 0. The van der Waals surface area contributed by atoms with Gasteiger partial charge in [0.2, 0.25) is 15.9 Å². The fourth-order valence-electron chi connectivity index (χ4n) is 3.28. The Hall–Kier alpha value is -3.43. The molecule has 6 N–H and O–H groups in total. The molecule has 9 heteroatoms. The minimum absolute atomic E-state index is 0.0372. The Morgan fingerprint density at radius 3 is 2.50 bits per heavy atom. The molecule has 28 heavy (non-hydrogen) atoms. The molecule has 0 saturated carbocycles. The first-order chi connectivity index (χ1) is 13.2. The first-order valence-corrected chi connectivity index (χ1v) is 9.90. The fourth-order valence-corrected chi connectivity index (χ4v) is 3.84. The zero-order valence-electron chi connectivity index (χ0n) is 14.7. The van der Waals surface area contributed by atoms with Gasteiger partial charge in [-0.25, -0.2) is 18.2 Å². The fraction of sp³-hybridized carbons (Fsp3) is 0.0526. The van der Waals surface area contributed by atoms with E-state index in [4.69, 9.17) is 16.6 Å². The number of carbonyl (C=O) groups is 1. The second kappa shape index (κ2) is 6.32. The lowest BCUT2D eigenvalue weighted by Crippen LogP contribution is -2.14. The Labute approximate surface area is 160 Å². The summed E-state index contributed by atoms with van der Waals surface area (Å²) in [5.74, 6) is -0.516. The van der Waals surface area contributed by atoms with Gasteiger partial charge >= 0.3 is 0 Å². The van der Waals surface area contributed by atoms with Gasteiger partial charge in [0, 0.05) is 16.5 Å². The molecular weight excluding hydrogens is 378 g/mol. The van der Waals surface area contributed by atoms with Crippen LogP contribution in [0, 0.1) is 0 Å². The standard InChI is InChI=1S/C19H17N5O3S/c20-12-6-4-11-5-7-15-17(10-18(21)25)23-24(19(15)16(11)8-12)13-2-1-3-14(9-13)28(22,26)27/h1-9H,10,20H2,(H2,21,25)(H2,22,26,27). The average molecular weight is 395 g/mol. The number of anilines is 1. The monoisotopic (exact) mass is 395 g/mol. The van der Waals surface area contributed by atoms with Crippen molar-refractivity contribution >= 4 is 43.3 Å². The highest BCUT2D eigenvalue weighted by atomic mass is 32.2. The quantitative estimate of drug-likeness (QED) is 0.447. The number of nitrogens with two attached hydrogens (primary N) is 3. The summed E-state index contributed by atoms with van der Waals surface area (Å²) in [5, 5.41) is 12.3. The molecule has 8 nitrogen and oxygen atoms in total. The second-order valence-electron chi connectivity index (χ2n) is 6.49. The summed E-state index contributed by atoms with van der Waals surface area (Å²) in [6.07, 6.45) is -0.0494.